The standard InChI is InChI=1S/C24H28BrN5O3S/c1-15(2)17-5-8-19(9-6-17)33-13-22(31)26-12-21-28-29-24(30(21)4)34-14-23(32)27-18-7-10-20(25)16(3)11-18/h5-11,15H,12-14H2,1-4H3,(H,26,31)(H,27,32). The lowest BCUT2D eigenvalue weighted by Crippen LogP contribution is -2.29. The third-order valence-electron chi connectivity index (χ3n) is 5.06. The number of benzene rings is 2. The summed E-state index contributed by atoms with van der Waals surface area (Å²) in [7, 11) is 1.80. The van der Waals surface area contributed by atoms with Crippen molar-refractivity contribution in [3.63, 3.8) is 0 Å². The number of nitrogens with zero attached hydrogens (tertiary/aromatic N) is 3. The van der Waals surface area contributed by atoms with Gasteiger partial charge in [0.2, 0.25) is 5.91 Å². The Kier molecular flexibility index (Phi) is 9.12. The Hall–Kier alpha value is -2.85. The van der Waals surface area contributed by atoms with Crippen molar-refractivity contribution < 1.29 is 14.3 Å². The van der Waals surface area contributed by atoms with E-state index in [2.05, 4.69) is 50.6 Å². The Morgan fingerprint density at radius 3 is 2.53 bits per heavy atom. The van der Waals surface area contributed by atoms with E-state index in [0.717, 1.165) is 15.7 Å². The lowest BCUT2D eigenvalue weighted by Gasteiger charge is -2.09. The summed E-state index contributed by atoms with van der Waals surface area (Å²) in [6.07, 6.45) is 0. The van der Waals surface area contributed by atoms with E-state index in [1.165, 1.54) is 17.3 Å². The summed E-state index contributed by atoms with van der Waals surface area (Å²) in [5.41, 5.74) is 3.00. The maximum Gasteiger partial charge on any atom is 0.258 e. The van der Waals surface area contributed by atoms with Crippen molar-refractivity contribution >= 4 is 45.2 Å². The maximum absolute atomic E-state index is 12.3. The van der Waals surface area contributed by atoms with Gasteiger partial charge in [0.15, 0.2) is 17.6 Å². The first-order valence-electron chi connectivity index (χ1n) is 10.8. The zero-order valence-corrected chi connectivity index (χ0v) is 22.0. The molecule has 10 heteroatoms. The van der Waals surface area contributed by atoms with E-state index in [1.54, 1.807) is 11.6 Å². The van der Waals surface area contributed by atoms with E-state index in [1.807, 2.05) is 49.4 Å². The zero-order chi connectivity index (χ0) is 24.7. The molecule has 1 heterocycles. The summed E-state index contributed by atoms with van der Waals surface area (Å²) >= 11 is 4.72. The van der Waals surface area contributed by atoms with E-state index >= 15 is 0 Å². The van der Waals surface area contributed by atoms with Crippen LogP contribution in [0.5, 0.6) is 5.75 Å². The number of thioether (sulfide) groups is 1. The van der Waals surface area contributed by atoms with E-state index in [9.17, 15) is 9.59 Å². The molecule has 0 bridgehead atoms. The van der Waals surface area contributed by atoms with E-state index in [0.29, 0.717) is 22.6 Å². The number of nitrogens with one attached hydrogen (secondary N) is 2. The molecular weight excluding hydrogens is 518 g/mol. The highest BCUT2D eigenvalue weighted by molar-refractivity contribution is 9.10. The number of rotatable bonds is 10. The van der Waals surface area contributed by atoms with Gasteiger partial charge in [-0.3, -0.25) is 9.59 Å². The molecule has 2 amide bonds. The maximum atomic E-state index is 12.3. The number of carbonyl (C=O) groups excluding carboxylic acids is 2. The highest BCUT2D eigenvalue weighted by Crippen LogP contribution is 2.21. The summed E-state index contributed by atoms with van der Waals surface area (Å²) in [5.74, 6) is 1.47. The van der Waals surface area contributed by atoms with E-state index in [-0.39, 0.29) is 30.7 Å². The molecule has 180 valence electrons. The minimum absolute atomic E-state index is 0.0871. The number of aromatic nitrogens is 3. The Bertz CT molecular complexity index is 1150. The Labute approximate surface area is 212 Å². The van der Waals surface area contributed by atoms with Crippen molar-refractivity contribution in [3.05, 3.63) is 63.9 Å². The number of ether oxygens (including phenoxy) is 1. The monoisotopic (exact) mass is 545 g/mol. The average molecular weight is 546 g/mol. The van der Waals surface area contributed by atoms with Crippen molar-refractivity contribution in [1.82, 2.24) is 20.1 Å². The summed E-state index contributed by atoms with van der Waals surface area (Å²) in [6, 6.07) is 13.4. The molecule has 0 unspecified atom stereocenters. The molecule has 0 atom stereocenters. The Balaban J connectivity index is 1.43. The van der Waals surface area contributed by atoms with Gasteiger partial charge in [-0.15, -0.1) is 10.2 Å². The third kappa shape index (κ3) is 7.33. The van der Waals surface area contributed by atoms with Crippen molar-refractivity contribution in [1.29, 1.82) is 0 Å². The van der Waals surface area contributed by atoms with Gasteiger partial charge in [-0.25, -0.2) is 0 Å². The molecule has 34 heavy (non-hydrogen) atoms. The van der Waals surface area contributed by atoms with Gasteiger partial charge in [-0.05, 0) is 54.3 Å². The molecule has 0 fully saturated rings. The molecule has 0 saturated heterocycles. The summed E-state index contributed by atoms with van der Waals surface area (Å²) in [5, 5.41) is 14.5. The normalized spacial score (nSPS) is 10.9. The molecule has 0 aliphatic rings. The number of hydrogen-bond acceptors (Lipinski definition) is 6. The summed E-state index contributed by atoms with van der Waals surface area (Å²) in [6.45, 7) is 6.34. The van der Waals surface area contributed by atoms with Crippen LogP contribution in [-0.2, 0) is 23.2 Å². The fraction of sp³-hybridized carbons (Fsp3) is 0.333. The molecule has 0 saturated carbocycles. The Morgan fingerprint density at radius 1 is 1.12 bits per heavy atom. The Morgan fingerprint density at radius 2 is 1.85 bits per heavy atom. The van der Waals surface area contributed by atoms with Gasteiger partial charge < -0.3 is 19.9 Å². The summed E-state index contributed by atoms with van der Waals surface area (Å²) < 4.78 is 8.30. The second kappa shape index (κ2) is 12.0. The van der Waals surface area contributed by atoms with Crippen LogP contribution in [0, 0.1) is 6.92 Å². The predicted octanol–water partition coefficient (Wildman–Crippen LogP) is 4.44. The van der Waals surface area contributed by atoms with Crippen molar-refractivity contribution in [2.24, 2.45) is 7.05 Å². The van der Waals surface area contributed by atoms with Crippen LogP contribution < -0.4 is 15.4 Å². The van der Waals surface area contributed by atoms with Crippen molar-refractivity contribution in [2.45, 2.75) is 38.4 Å². The van der Waals surface area contributed by atoms with Crippen LogP contribution in [0.1, 0.15) is 36.7 Å². The molecule has 1 aromatic heterocycles. The number of anilines is 1. The lowest BCUT2D eigenvalue weighted by molar-refractivity contribution is -0.123. The largest absolute Gasteiger partial charge is 0.484 e. The minimum Gasteiger partial charge on any atom is -0.484 e. The molecule has 2 N–H and O–H groups in total. The van der Waals surface area contributed by atoms with Crippen LogP contribution in [0.15, 0.2) is 52.1 Å². The molecule has 3 rings (SSSR count). The summed E-state index contributed by atoms with van der Waals surface area (Å²) in [4.78, 5) is 24.4. The van der Waals surface area contributed by atoms with Crippen LogP contribution in [0.2, 0.25) is 0 Å². The van der Waals surface area contributed by atoms with Gasteiger partial charge >= 0.3 is 0 Å². The van der Waals surface area contributed by atoms with Gasteiger partial charge in [0, 0.05) is 17.2 Å². The smallest absolute Gasteiger partial charge is 0.258 e. The fourth-order valence-corrected chi connectivity index (χ4v) is 3.98. The molecular formula is C24H28BrN5O3S. The predicted molar refractivity (Wildman–Crippen MR) is 137 cm³/mol. The molecule has 0 aliphatic carbocycles. The molecule has 0 aliphatic heterocycles. The number of aryl methyl sites for hydroxylation is 1. The highest BCUT2D eigenvalue weighted by Gasteiger charge is 2.13. The average Bonchev–Trinajstić information content (AvgIpc) is 3.16. The second-order valence-electron chi connectivity index (χ2n) is 8.05. The van der Waals surface area contributed by atoms with Crippen molar-refractivity contribution in [3.8, 4) is 5.75 Å². The molecule has 2 aromatic carbocycles. The second-order valence-corrected chi connectivity index (χ2v) is 9.84. The van der Waals surface area contributed by atoms with Crippen LogP contribution in [0.3, 0.4) is 0 Å². The van der Waals surface area contributed by atoms with Crippen LogP contribution in [0.4, 0.5) is 5.69 Å². The van der Waals surface area contributed by atoms with Gasteiger partial charge in [0.1, 0.15) is 5.75 Å². The third-order valence-corrected chi connectivity index (χ3v) is 6.97. The first-order chi connectivity index (χ1) is 16.2. The SMILES string of the molecule is Cc1cc(NC(=O)CSc2nnc(CNC(=O)COc3ccc(C(C)C)cc3)n2C)ccc1Br. The van der Waals surface area contributed by atoms with Crippen LogP contribution >= 0.6 is 27.7 Å². The number of halogens is 1. The van der Waals surface area contributed by atoms with Gasteiger partial charge in [-0.2, -0.15) is 0 Å². The van der Waals surface area contributed by atoms with Gasteiger partial charge in [-0.1, -0.05) is 53.7 Å². The van der Waals surface area contributed by atoms with Crippen molar-refractivity contribution in [2.75, 3.05) is 17.7 Å². The van der Waals surface area contributed by atoms with Gasteiger partial charge in [0.05, 0.1) is 12.3 Å². The number of hydrogen-bond donors (Lipinski definition) is 2. The molecule has 0 radical (unpaired) electrons. The van der Waals surface area contributed by atoms with E-state index < -0.39 is 0 Å². The lowest BCUT2D eigenvalue weighted by atomic mass is 10.0. The minimum atomic E-state index is -0.255. The molecule has 0 spiro atoms. The highest BCUT2D eigenvalue weighted by atomic mass is 79.9. The van der Waals surface area contributed by atoms with Gasteiger partial charge in [0.25, 0.3) is 5.91 Å². The molecule has 8 nitrogen and oxygen atoms in total. The first kappa shape index (κ1) is 25.8. The van der Waals surface area contributed by atoms with Crippen LogP contribution in [-0.4, -0.2) is 38.9 Å². The number of carbonyl (C=O) groups is 2. The van der Waals surface area contributed by atoms with Crippen LogP contribution in [0.25, 0.3) is 0 Å². The fourth-order valence-electron chi connectivity index (χ4n) is 3.00. The molecule has 3 aromatic rings. The topological polar surface area (TPSA) is 98.1 Å². The number of amides is 2. The first-order valence-corrected chi connectivity index (χ1v) is 12.6. The van der Waals surface area contributed by atoms with E-state index in [4.69, 9.17) is 4.74 Å². The quantitative estimate of drug-likeness (QED) is 0.365. The zero-order valence-electron chi connectivity index (χ0n) is 19.6.